The summed E-state index contributed by atoms with van der Waals surface area (Å²) in [5.41, 5.74) is 2.77. The summed E-state index contributed by atoms with van der Waals surface area (Å²) in [7, 11) is 3.33. The molecule has 3 heterocycles. The van der Waals surface area contributed by atoms with E-state index < -0.39 is 0 Å². The summed E-state index contributed by atoms with van der Waals surface area (Å²) in [5.74, 6) is -0.180. The van der Waals surface area contributed by atoms with Crippen LogP contribution in [0.1, 0.15) is 22.2 Å². The minimum absolute atomic E-state index is 0.180. The number of rotatable bonds is 6. The summed E-state index contributed by atoms with van der Waals surface area (Å²) >= 11 is 0. The van der Waals surface area contributed by atoms with Gasteiger partial charge < -0.3 is 9.64 Å². The van der Waals surface area contributed by atoms with Crippen molar-refractivity contribution in [1.29, 1.82) is 0 Å². The van der Waals surface area contributed by atoms with Crippen LogP contribution >= 0.6 is 0 Å². The van der Waals surface area contributed by atoms with E-state index in [-0.39, 0.29) is 11.9 Å². The Morgan fingerprint density at radius 3 is 2.72 bits per heavy atom. The molecule has 0 bridgehead atoms. The van der Waals surface area contributed by atoms with Gasteiger partial charge in [-0.05, 0) is 30.3 Å². The summed E-state index contributed by atoms with van der Waals surface area (Å²) in [5, 5.41) is 7.03. The van der Waals surface area contributed by atoms with Crippen LogP contribution in [0.2, 0.25) is 0 Å². The van der Waals surface area contributed by atoms with Crippen molar-refractivity contribution in [2.45, 2.75) is 6.04 Å². The van der Waals surface area contributed by atoms with Gasteiger partial charge in [-0.1, -0.05) is 6.07 Å². The second kappa shape index (κ2) is 7.67. The van der Waals surface area contributed by atoms with Gasteiger partial charge in [0.15, 0.2) is 0 Å². The monoisotopic (exact) mass is 337 g/mol. The van der Waals surface area contributed by atoms with Crippen LogP contribution in [0, 0.1) is 0 Å². The predicted octanol–water partition coefficient (Wildman–Crippen LogP) is 2.33. The topological polar surface area (TPSA) is 84.0 Å². The van der Waals surface area contributed by atoms with Crippen molar-refractivity contribution in [3.8, 4) is 11.3 Å². The summed E-state index contributed by atoms with van der Waals surface area (Å²) in [6, 6.07) is 10.7. The molecule has 7 heteroatoms. The number of aromatic amines is 1. The third-order valence-electron chi connectivity index (χ3n) is 3.93. The van der Waals surface area contributed by atoms with E-state index in [4.69, 9.17) is 4.74 Å². The quantitative estimate of drug-likeness (QED) is 0.746. The van der Waals surface area contributed by atoms with Crippen molar-refractivity contribution in [1.82, 2.24) is 25.1 Å². The van der Waals surface area contributed by atoms with E-state index in [1.807, 2.05) is 30.3 Å². The van der Waals surface area contributed by atoms with Gasteiger partial charge in [0.25, 0.3) is 5.91 Å². The molecular weight excluding hydrogens is 318 g/mol. The van der Waals surface area contributed by atoms with Crippen molar-refractivity contribution in [2.75, 3.05) is 20.8 Å². The average molecular weight is 337 g/mol. The molecule has 0 aromatic carbocycles. The van der Waals surface area contributed by atoms with Gasteiger partial charge in [0, 0.05) is 38.3 Å². The zero-order valence-corrected chi connectivity index (χ0v) is 14.1. The molecule has 7 nitrogen and oxygen atoms in total. The molecule has 0 saturated carbocycles. The first-order valence-electron chi connectivity index (χ1n) is 7.83. The standard InChI is InChI=1S/C18H19N5O2/c1-23(17(12-25-2)14-5-3-4-8-20-14)18(24)16-11-15(21-22-16)13-6-9-19-10-7-13/h3-11,17H,12H2,1-2H3,(H,21,22)/t17-/m0/s1. The van der Waals surface area contributed by atoms with Gasteiger partial charge in [-0.15, -0.1) is 0 Å². The van der Waals surface area contributed by atoms with Crippen molar-refractivity contribution < 1.29 is 9.53 Å². The van der Waals surface area contributed by atoms with Crippen LogP contribution in [0.4, 0.5) is 0 Å². The van der Waals surface area contributed by atoms with E-state index in [0.717, 1.165) is 11.3 Å². The molecule has 25 heavy (non-hydrogen) atoms. The van der Waals surface area contributed by atoms with Gasteiger partial charge in [-0.25, -0.2) is 0 Å². The van der Waals surface area contributed by atoms with Crippen LogP contribution in [0.3, 0.4) is 0 Å². The Balaban J connectivity index is 1.83. The minimum atomic E-state index is -0.286. The summed E-state index contributed by atoms with van der Waals surface area (Å²) in [4.78, 5) is 22.8. The van der Waals surface area contributed by atoms with E-state index in [9.17, 15) is 4.79 Å². The zero-order chi connectivity index (χ0) is 17.6. The fourth-order valence-electron chi connectivity index (χ4n) is 2.56. The number of pyridine rings is 2. The van der Waals surface area contributed by atoms with Gasteiger partial charge in [0.1, 0.15) is 5.69 Å². The number of ether oxygens (including phenoxy) is 1. The third kappa shape index (κ3) is 3.72. The lowest BCUT2D eigenvalue weighted by molar-refractivity contribution is 0.0589. The highest BCUT2D eigenvalue weighted by molar-refractivity contribution is 5.93. The van der Waals surface area contributed by atoms with Crippen molar-refractivity contribution in [2.24, 2.45) is 0 Å². The average Bonchev–Trinajstić information content (AvgIpc) is 3.16. The molecule has 128 valence electrons. The van der Waals surface area contributed by atoms with Gasteiger partial charge in [-0.3, -0.25) is 19.9 Å². The zero-order valence-electron chi connectivity index (χ0n) is 14.1. The molecule has 0 aliphatic carbocycles. The smallest absolute Gasteiger partial charge is 0.272 e. The first-order chi connectivity index (χ1) is 12.2. The Morgan fingerprint density at radius 2 is 2.04 bits per heavy atom. The molecule has 0 aliphatic rings. The molecule has 1 atom stereocenters. The maximum Gasteiger partial charge on any atom is 0.272 e. The predicted molar refractivity (Wildman–Crippen MR) is 92.8 cm³/mol. The highest BCUT2D eigenvalue weighted by atomic mass is 16.5. The van der Waals surface area contributed by atoms with Crippen LogP contribution in [-0.4, -0.2) is 51.7 Å². The third-order valence-corrected chi connectivity index (χ3v) is 3.93. The molecule has 3 rings (SSSR count). The molecule has 0 fully saturated rings. The van der Waals surface area contributed by atoms with Crippen LogP contribution in [-0.2, 0) is 4.74 Å². The lowest BCUT2D eigenvalue weighted by atomic mass is 10.1. The molecule has 0 unspecified atom stereocenters. The molecule has 0 spiro atoms. The largest absolute Gasteiger partial charge is 0.382 e. The Labute approximate surface area is 145 Å². The van der Waals surface area contributed by atoms with E-state index in [1.165, 1.54) is 0 Å². The Kier molecular flexibility index (Phi) is 5.15. The van der Waals surface area contributed by atoms with Crippen molar-refractivity contribution in [3.63, 3.8) is 0 Å². The SMILES string of the molecule is COC[C@@H](c1ccccn1)N(C)C(=O)c1cc(-c2ccncc2)n[nH]1. The Morgan fingerprint density at radius 1 is 1.24 bits per heavy atom. The number of likely N-dealkylation sites (N-methyl/N-ethyl adjacent to an activating group) is 1. The second-order valence-electron chi connectivity index (χ2n) is 5.54. The fourth-order valence-corrected chi connectivity index (χ4v) is 2.56. The number of hydrogen-bond acceptors (Lipinski definition) is 5. The number of methoxy groups -OCH3 is 1. The summed E-state index contributed by atoms with van der Waals surface area (Å²) < 4.78 is 5.27. The lowest BCUT2D eigenvalue weighted by Gasteiger charge is -2.26. The van der Waals surface area contributed by atoms with Crippen LogP contribution < -0.4 is 0 Å². The van der Waals surface area contributed by atoms with E-state index in [0.29, 0.717) is 18.0 Å². The molecule has 0 saturated heterocycles. The number of hydrogen-bond donors (Lipinski definition) is 1. The number of carbonyl (C=O) groups is 1. The number of nitrogens with one attached hydrogen (secondary N) is 1. The first kappa shape index (κ1) is 16.8. The first-order valence-corrected chi connectivity index (χ1v) is 7.83. The van der Waals surface area contributed by atoms with Gasteiger partial charge in [0.05, 0.1) is 24.0 Å². The minimum Gasteiger partial charge on any atom is -0.382 e. The molecule has 0 radical (unpaired) electrons. The number of amides is 1. The molecule has 1 amide bonds. The Hall–Kier alpha value is -3.06. The van der Waals surface area contributed by atoms with Gasteiger partial charge in [0.2, 0.25) is 0 Å². The van der Waals surface area contributed by atoms with Gasteiger partial charge in [-0.2, -0.15) is 5.10 Å². The summed E-state index contributed by atoms with van der Waals surface area (Å²) in [6.45, 7) is 0.352. The van der Waals surface area contributed by atoms with E-state index >= 15 is 0 Å². The lowest BCUT2D eigenvalue weighted by Crippen LogP contribution is -2.34. The number of carbonyl (C=O) groups excluding carboxylic acids is 1. The maximum atomic E-state index is 12.8. The highest BCUT2D eigenvalue weighted by Crippen LogP contribution is 2.21. The highest BCUT2D eigenvalue weighted by Gasteiger charge is 2.25. The second-order valence-corrected chi connectivity index (χ2v) is 5.54. The van der Waals surface area contributed by atoms with Crippen LogP contribution in [0.25, 0.3) is 11.3 Å². The van der Waals surface area contributed by atoms with Gasteiger partial charge >= 0.3 is 0 Å². The normalized spacial score (nSPS) is 11.9. The summed E-state index contributed by atoms with van der Waals surface area (Å²) in [6.07, 6.45) is 5.08. The number of aromatic nitrogens is 4. The number of nitrogens with zero attached hydrogens (tertiary/aromatic N) is 4. The maximum absolute atomic E-state index is 12.8. The van der Waals surface area contributed by atoms with Crippen molar-refractivity contribution >= 4 is 5.91 Å². The van der Waals surface area contributed by atoms with E-state index in [2.05, 4.69) is 20.2 Å². The van der Waals surface area contributed by atoms with Crippen molar-refractivity contribution in [3.05, 3.63) is 66.4 Å². The fraction of sp³-hybridized carbons (Fsp3) is 0.222. The van der Waals surface area contributed by atoms with Crippen LogP contribution in [0.5, 0.6) is 0 Å². The molecule has 1 N–H and O–H groups in total. The Bertz CT molecular complexity index is 820. The number of H-pyrrole nitrogens is 1. The van der Waals surface area contributed by atoms with E-state index in [1.54, 1.807) is 43.7 Å². The molecule has 3 aromatic heterocycles. The molecule has 0 aliphatic heterocycles. The molecular formula is C18H19N5O2. The van der Waals surface area contributed by atoms with Crippen LogP contribution in [0.15, 0.2) is 55.0 Å². The molecule has 3 aromatic rings.